The molecule has 78 valence electrons. The van der Waals surface area contributed by atoms with E-state index in [-0.39, 0.29) is 6.10 Å². The SMILES string of the molecule is CCC(O)CCCc1ccc(O)cc1. The number of hydrogen-bond acceptors (Lipinski definition) is 2. The van der Waals surface area contributed by atoms with Gasteiger partial charge in [-0.2, -0.15) is 0 Å². The third kappa shape index (κ3) is 3.79. The van der Waals surface area contributed by atoms with Crippen LogP contribution in [-0.2, 0) is 6.42 Å². The van der Waals surface area contributed by atoms with Crippen molar-refractivity contribution in [2.45, 2.75) is 38.7 Å². The maximum atomic E-state index is 9.34. The molecule has 2 heteroatoms. The first-order chi connectivity index (χ1) is 6.72. The fourth-order valence-electron chi connectivity index (χ4n) is 1.41. The van der Waals surface area contributed by atoms with E-state index in [9.17, 15) is 5.11 Å². The molecule has 14 heavy (non-hydrogen) atoms. The second kappa shape index (κ2) is 5.66. The molecule has 0 aliphatic rings. The highest BCUT2D eigenvalue weighted by molar-refractivity contribution is 5.25. The average Bonchev–Trinajstić information content (AvgIpc) is 2.21. The molecule has 1 unspecified atom stereocenters. The van der Waals surface area contributed by atoms with Gasteiger partial charge in [0.1, 0.15) is 5.75 Å². The number of phenols is 1. The van der Waals surface area contributed by atoms with Crippen molar-refractivity contribution in [3.8, 4) is 5.75 Å². The summed E-state index contributed by atoms with van der Waals surface area (Å²) in [5.74, 6) is 0.308. The Morgan fingerprint density at radius 3 is 2.43 bits per heavy atom. The molecule has 1 aromatic carbocycles. The Labute approximate surface area is 85.2 Å². The molecule has 0 saturated carbocycles. The maximum absolute atomic E-state index is 9.34. The van der Waals surface area contributed by atoms with Crippen LogP contribution in [0.3, 0.4) is 0 Å². The highest BCUT2D eigenvalue weighted by Crippen LogP contribution is 2.12. The molecule has 0 saturated heterocycles. The standard InChI is InChI=1S/C12H18O2/c1-2-11(13)5-3-4-10-6-8-12(14)9-7-10/h6-9,11,13-14H,2-5H2,1H3. The van der Waals surface area contributed by atoms with Gasteiger partial charge in [0.25, 0.3) is 0 Å². The molecule has 2 nitrogen and oxygen atoms in total. The molecular weight excluding hydrogens is 176 g/mol. The molecule has 0 aromatic heterocycles. The number of benzene rings is 1. The van der Waals surface area contributed by atoms with Gasteiger partial charge in [0, 0.05) is 0 Å². The van der Waals surface area contributed by atoms with E-state index >= 15 is 0 Å². The Morgan fingerprint density at radius 1 is 1.21 bits per heavy atom. The minimum atomic E-state index is -0.160. The molecule has 1 aromatic rings. The Balaban J connectivity index is 2.28. The normalized spacial score (nSPS) is 12.7. The Morgan fingerprint density at radius 2 is 1.86 bits per heavy atom. The Bertz CT molecular complexity index is 254. The smallest absolute Gasteiger partial charge is 0.115 e. The monoisotopic (exact) mass is 194 g/mol. The summed E-state index contributed by atoms with van der Waals surface area (Å²) in [5.41, 5.74) is 1.21. The van der Waals surface area contributed by atoms with Crippen molar-refractivity contribution in [3.05, 3.63) is 29.8 Å². The zero-order valence-electron chi connectivity index (χ0n) is 8.61. The molecular formula is C12H18O2. The summed E-state index contributed by atoms with van der Waals surface area (Å²) >= 11 is 0. The third-order valence-electron chi connectivity index (χ3n) is 2.41. The molecule has 0 heterocycles. The summed E-state index contributed by atoms with van der Waals surface area (Å²) in [4.78, 5) is 0. The molecule has 0 spiro atoms. The fraction of sp³-hybridized carbons (Fsp3) is 0.500. The van der Waals surface area contributed by atoms with E-state index in [1.807, 2.05) is 19.1 Å². The van der Waals surface area contributed by atoms with Crippen LogP contribution < -0.4 is 0 Å². The average molecular weight is 194 g/mol. The quantitative estimate of drug-likeness (QED) is 0.756. The second-order valence-corrected chi connectivity index (χ2v) is 3.62. The first-order valence-electron chi connectivity index (χ1n) is 5.18. The highest BCUT2D eigenvalue weighted by Gasteiger charge is 2.00. The molecule has 0 aliphatic heterocycles. The van der Waals surface area contributed by atoms with E-state index in [0.29, 0.717) is 5.75 Å². The fourth-order valence-corrected chi connectivity index (χ4v) is 1.41. The van der Waals surface area contributed by atoms with E-state index in [4.69, 9.17) is 5.11 Å². The molecule has 0 aliphatic carbocycles. The van der Waals surface area contributed by atoms with Crippen molar-refractivity contribution in [1.82, 2.24) is 0 Å². The van der Waals surface area contributed by atoms with Gasteiger partial charge in [0.05, 0.1) is 6.10 Å². The number of aliphatic hydroxyl groups is 1. The lowest BCUT2D eigenvalue weighted by Gasteiger charge is -2.06. The molecule has 0 bridgehead atoms. The van der Waals surface area contributed by atoms with Gasteiger partial charge in [-0.05, 0) is 43.4 Å². The number of hydrogen-bond donors (Lipinski definition) is 2. The Hall–Kier alpha value is -1.02. The van der Waals surface area contributed by atoms with Crippen LogP contribution in [0.4, 0.5) is 0 Å². The first-order valence-corrected chi connectivity index (χ1v) is 5.18. The topological polar surface area (TPSA) is 40.5 Å². The van der Waals surface area contributed by atoms with Gasteiger partial charge in [-0.1, -0.05) is 19.1 Å². The van der Waals surface area contributed by atoms with Crippen LogP contribution in [0.15, 0.2) is 24.3 Å². The van der Waals surface area contributed by atoms with E-state index in [0.717, 1.165) is 25.7 Å². The van der Waals surface area contributed by atoms with Crippen molar-refractivity contribution in [1.29, 1.82) is 0 Å². The number of rotatable bonds is 5. The van der Waals surface area contributed by atoms with Crippen LogP contribution in [0.5, 0.6) is 5.75 Å². The lowest BCUT2D eigenvalue weighted by molar-refractivity contribution is 0.158. The van der Waals surface area contributed by atoms with Gasteiger partial charge in [-0.15, -0.1) is 0 Å². The van der Waals surface area contributed by atoms with Gasteiger partial charge in [0.15, 0.2) is 0 Å². The van der Waals surface area contributed by atoms with E-state index in [1.165, 1.54) is 5.56 Å². The minimum Gasteiger partial charge on any atom is -0.508 e. The van der Waals surface area contributed by atoms with E-state index < -0.39 is 0 Å². The molecule has 1 atom stereocenters. The van der Waals surface area contributed by atoms with E-state index in [2.05, 4.69) is 0 Å². The minimum absolute atomic E-state index is 0.160. The zero-order chi connectivity index (χ0) is 10.4. The Kier molecular flexibility index (Phi) is 4.47. The maximum Gasteiger partial charge on any atom is 0.115 e. The summed E-state index contributed by atoms with van der Waals surface area (Å²) in [6.07, 6.45) is 3.50. The second-order valence-electron chi connectivity index (χ2n) is 3.62. The van der Waals surface area contributed by atoms with Gasteiger partial charge in [0.2, 0.25) is 0 Å². The number of aliphatic hydroxyl groups excluding tert-OH is 1. The van der Waals surface area contributed by atoms with E-state index in [1.54, 1.807) is 12.1 Å². The lowest BCUT2D eigenvalue weighted by Crippen LogP contribution is -2.04. The van der Waals surface area contributed by atoms with Crippen LogP contribution in [-0.4, -0.2) is 16.3 Å². The summed E-state index contributed by atoms with van der Waals surface area (Å²) in [6.45, 7) is 1.99. The van der Waals surface area contributed by atoms with Crippen LogP contribution in [0.25, 0.3) is 0 Å². The van der Waals surface area contributed by atoms with Crippen molar-refractivity contribution in [2.75, 3.05) is 0 Å². The lowest BCUT2D eigenvalue weighted by atomic mass is 10.0. The van der Waals surface area contributed by atoms with Crippen LogP contribution in [0.2, 0.25) is 0 Å². The first kappa shape index (κ1) is 11.1. The molecule has 1 rings (SSSR count). The molecule has 2 N–H and O–H groups in total. The van der Waals surface area contributed by atoms with Crippen LogP contribution in [0, 0.1) is 0 Å². The van der Waals surface area contributed by atoms with Crippen molar-refractivity contribution in [3.63, 3.8) is 0 Å². The number of phenolic OH excluding ortho intramolecular Hbond substituents is 1. The zero-order valence-corrected chi connectivity index (χ0v) is 8.61. The molecule has 0 amide bonds. The summed E-state index contributed by atoms with van der Waals surface area (Å²) in [7, 11) is 0. The summed E-state index contributed by atoms with van der Waals surface area (Å²) in [6, 6.07) is 7.25. The molecule has 0 fully saturated rings. The van der Waals surface area contributed by atoms with Crippen molar-refractivity contribution < 1.29 is 10.2 Å². The predicted molar refractivity (Wildman–Crippen MR) is 57.3 cm³/mol. The number of aryl methyl sites for hydroxylation is 1. The van der Waals surface area contributed by atoms with Gasteiger partial charge >= 0.3 is 0 Å². The van der Waals surface area contributed by atoms with Gasteiger partial charge < -0.3 is 10.2 Å². The summed E-state index contributed by atoms with van der Waals surface area (Å²) in [5, 5.41) is 18.4. The van der Waals surface area contributed by atoms with Crippen LogP contribution >= 0.6 is 0 Å². The van der Waals surface area contributed by atoms with Crippen molar-refractivity contribution in [2.24, 2.45) is 0 Å². The summed E-state index contributed by atoms with van der Waals surface area (Å²) < 4.78 is 0. The number of aromatic hydroxyl groups is 1. The highest BCUT2D eigenvalue weighted by atomic mass is 16.3. The van der Waals surface area contributed by atoms with Gasteiger partial charge in [-0.25, -0.2) is 0 Å². The molecule has 0 radical (unpaired) electrons. The van der Waals surface area contributed by atoms with Crippen molar-refractivity contribution >= 4 is 0 Å². The van der Waals surface area contributed by atoms with Gasteiger partial charge in [-0.3, -0.25) is 0 Å². The largest absolute Gasteiger partial charge is 0.508 e. The third-order valence-corrected chi connectivity index (χ3v) is 2.41. The van der Waals surface area contributed by atoms with Crippen LogP contribution in [0.1, 0.15) is 31.7 Å². The predicted octanol–water partition coefficient (Wildman–Crippen LogP) is 2.49.